The lowest BCUT2D eigenvalue weighted by Crippen LogP contribution is -2.49. The molecular weight excluding hydrogens is 274 g/mol. The predicted molar refractivity (Wildman–Crippen MR) is 83.7 cm³/mol. The van der Waals surface area contributed by atoms with Crippen LogP contribution in [0.15, 0.2) is 0 Å². The van der Waals surface area contributed by atoms with Gasteiger partial charge < -0.3 is 10.6 Å². The average molecular weight is 301 g/mol. The van der Waals surface area contributed by atoms with Gasteiger partial charge in [-0.1, -0.05) is 13.3 Å². The van der Waals surface area contributed by atoms with Gasteiger partial charge in [0.05, 0.1) is 6.07 Å². The normalized spacial score (nSPS) is 49.2. The molecule has 0 bridgehead atoms. The highest BCUT2D eigenvalue weighted by molar-refractivity contribution is 5.84. The van der Waals surface area contributed by atoms with Crippen LogP contribution in [-0.4, -0.2) is 24.5 Å². The van der Waals surface area contributed by atoms with Crippen LogP contribution in [0.4, 0.5) is 0 Å². The van der Waals surface area contributed by atoms with Crippen LogP contribution in [0.25, 0.3) is 0 Å². The number of amides is 1. The van der Waals surface area contributed by atoms with Crippen molar-refractivity contribution in [2.75, 3.05) is 6.54 Å². The fraction of sp³-hybridized carbons (Fsp3) is 0.889. The Morgan fingerprint density at radius 3 is 2.77 bits per heavy atom. The van der Waals surface area contributed by atoms with Gasteiger partial charge in [0.2, 0.25) is 5.91 Å². The molecule has 2 N–H and O–H groups in total. The Labute approximate surface area is 133 Å². The maximum absolute atomic E-state index is 12.1. The zero-order valence-corrected chi connectivity index (χ0v) is 13.4. The first-order chi connectivity index (χ1) is 10.8. The molecule has 0 aromatic carbocycles. The Balaban J connectivity index is 1.61. The second-order valence-corrected chi connectivity index (χ2v) is 7.86. The molecule has 1 aliphatic heterocycles. The predicted octanol–water partition coefficient (Wildman–Crippen LogP) is 2.07. The van der Waals surface area contributed by atoms with Crippen LogP contribution in [0.1, 0.15) is 45.4 Å². The average Bonchev–Trinajstić information content (AvgIpc) is 3.02. The number of nitrogens with one attached hydrogen (secondary N) is 2. The van der Waals surface area contributed by atoms with Crippen LogP contribution in [0.3, 0.4) is 0 Å². The molecule has 22 heavy (non-hydrogen) atoms. The van der Waals surface area contributed by atoms with Crippen molar-refractivity contribution in [3.63, 3.8) is 0 Å². The van der Waals surface area contributed by atoms with E-state index < -0.39 is 0 Å². The molecule has 8 unspecified atom stereocenters. The van der Waals surface area contributed by atoms with Gasteiger partial charge in [-0.2, -0.15) is 5.26 Å². The third kappa shape index (κ3) is 1.94. The highest BCUT2D eigenvalue weighted by atomic mass is 16.2. The molecule has 4 fully saturated rings. The van der Waals surface area contributed by atoms with Gasteiger partial charge in [-0.15, -0.1) is 0 Å². The van der Waals surface area contributed by atoms with Gasteiger partial charge >= 0.3 is 0 Å². The zero-order valence-electron chi connectivity index (χ0n) is 13.4. The molecule has 4 rings (SSSR count). The van der Waals surface area contributed by atoms with E-state index in [9.17, 15) is 10.1 Å². The summed E-state index contributed by atoms with van der Waals surface area (Å²) in [6.45, 7) is 3.35. The van der Waals surface area contributed by atoms with Gasteiger partial charge in [-0.25, -0.2) is 0 Å². The Morgan fingerprint density at radius 1 is 1.18 bits per heavy atom. The van der Waals surface area contributed by atoms with Crippen molar-refractivity contribution in [2.45, 2.75) is 57.5 Å². The molecule has 0 aromatic heterocycles. The van der Waals surface area contributed by atoms with E-state index in [2.05, 4.69) is 23.6 Å². The number of fused-ring (bicyclic) bond motifs is 3. The van der Waals surface area contributed by atoms with E-state index in [0.29, 0.717) is 29.8 Å². The molecule has 3 aliphatic carbocycles. The molecule has 0 aromatic rings. The van der Waals surface area contributed by atoms with Crippen LogP contribution in [0.5, 0.6) is 0 Å². The molecule has 4 nitrogen and oxygen atoms in total. The molecule has 8 atom stereocenters. The molecule has 4 aliphatic rings. The first kappa shape index (κ1) is 14.5. The van der Waals surface area contributed by atoms with Gasteiger partial charge in [0.25, 0.3) is 0 Å². The van der Waals surface area contributed by atoms with Crippen LogP contribution < -0.4 is 10.6 Å². The van der Waals surface area contributed by atoms with Gasteiger partial charge in [-0.05, 0) is 62.3 Å². The first-order valence-electron chi connectivity index (χ1n) is 9.19. The topological polar surface area (TPSA) is 64.9 Å². The monoisotopic (exact) mass is 301 g/mol. The minimum atomic E-state index is -0.388. The molecule has 1 amide bonds. The maximum atomic E-state index is 12.1. The maximum Gasteiger partial charge on any atom is 0.237 e. The van der Waals surface area contributed by atoms with E-state index in [-0.39, 0.29) is 11.8 Å². The minimum Gasteiger partial charge on any atom is -0.352 e. The Kier molecular flexibility index (Phi) is 3.64. The third-order valence-electron chi connectivity index (χ3n) is 7.03. The highest BCUT2D eigenvalue weighted by Crippen LogP contribution is 2.59. The number of nitriles is 1. The summed E-state index contributed by atoms with van der Waals surface area (Å²) in [6, 6.07) is 3.27. The molecule has 4 heteroatoms. The third-order valence-corrected chi connectivity index (χ3v) is 7.03. The van der Waals surface area contributed by atoms with E-state index in [0.717, 1.165) is 18.4 Å². The Hall–Kier alpha value is -1.08. The smallest absolute Gasteiger partial charge is 0.237 e. The largest absolute Gasteiger partial charge is 0.352 e. The van der Waals surface area contributed by atoms with E-state index in [1.54, 1.807) is 0 Å². The van der Waals surface area contributed by atoms with Gasteiger partial charge in [-0.3, -0.25) is 4.79 Å². The van der Waals surface area contributed by atoms with Crippen molar-refractivity contribution in [3.8, 4) is 6.07 Å². The van der Waals surface area contributed by atoms with Crippen molar-refractivity contribution in [3.05, 3.63) is 0 Å². The van der Waals surface area contributed by atoms with Crippen molar-refractivity contribution >= 4 is 5.91 Å². The number of carbonyl (C=O) groups is 1. The highest BCUT2D eigenvalue weighted by Gasteiger charge is 2.62. The van der Waals surface area contributed by atoms with E-state index in [4.69, 9.17) is 0 Å². The molecule has 120 valence electrons. The molecule has 0 radical (unpaired) electrons. The molecule has 1 heterocycles. The number of hydrogen-bond donors (Lipinski definition) is 2. The van der Waals surface area contributed by atoms with Gasteiger partial charge in [0, 0.05) is 18.0 Å². The van der Waals surface area contributed by atoms with Crippen molar-refractivity contribution < 1.29 is 4.79 Å². The number of rotatable bonds is 3. The first-order valence-corrected chi connectivity index (χ1v) is 9.19. The SMILES string of the molecule is CCCNC1CCC2C3C1CCCC3C1NC(=O)C(C#N)C21. The second-order valence-electron chi connectivity index (χ2n) is 7.86. The van der Waals surface area contributed by atoms with Crippen molar-refractivity contribution in [2.24, 2.45) is 35.5 Å². The molecule has 3 saturated carbocycles. The summed E-state index contributed by atoms with van der Waals surface area (Å²) in [6.07, 6.45) is 7.50. The molecular formula is C18H27N3O. The van der Waals surface area contributed by atoms with Crippen molar-refractivity contribution in [1.29, 1.82) is 5.26 Å². The summed E-state index contributed by atoms with van der Waals surface area (Å²) in [4.78, 5) is 12.1. The fourth-order valence-corrected chi connectivity index (χ4v) is 6.41. The zero-order chi connectivity index (χ0) is 15.3. The van der Waals surface area contributed by atoms with Crippen molar-refractivity contribution in [1.82, 2.24) is 10.6 Å². The Morgan fingerprint density at radius 2 is 2.00 bits per heavy atom. The summed E-state index contributed by atoms with van der Waals surface area (Å²) in [5.74, 6) is 2.64. The number of carbonyl (C=O) groups excluding carboxylic acids is 1. The van der Waals surface area contributed by atoms with E-state index in [1.165, 1.54) is 38.5 Å². The standard InChI is InChI=1S/C18H27N3O/c1-2-8-20-14-7-6-11-15-10(14)4-3-5-12(15)17-16(11)13(9-19)18(22)21-17/h10-17,20H,2-8H2,1H3,(H,21,22). The Bertz CT molecular complexity index is 499. The summed E-state index contributed by atoms with van der Waals surface area (Å²) in [5, 5.41) is 16.5. The summed E-state index contributed by atoms with van der Waals surface area (Å²) < 4.78 is 0. The van der Waals surface area contributed by atoms with E-state index in [1.807, 2.05) is 0 Å². The van der Waals surface area contributed by atoms with E-state index >= 15 is 0 Å². The lowest BCUT2D eigenvalue weighted by Gasteiger charge is -2.47. The van der Waals surface area contributed by atoms with Gasteiger partial charge in [0.1, 0.15) is 5.92 Å². The molecule has 0 spiro atoms. The van der Waals surface area contributed by atoms with Crippen LogP contribution >= 0.6 is 0 Å². The summed E-state index contributed by atoms with van der Waals surface area (Å²) in [7, 11) is 0. The lowest BCUT2D eigenvalue weighted by atomic mass is 9.61. The lowest BCUT2D eigenvalue weighted by molar-refractivity contribution is -0.122. The van der Waals surface area contributed by atoms with Crippen LogP contribution in [-0.2, 0) is 4.79 Å². The van der Waals surface area contributed by atoms with Crippen LogP contribution in [0.2, 0.25) is 0 Å². The fourth-order valence-electron chi connectivity index (χ4n) is 6.41. The van der Waals surface area contributed by atoms with Crippen LogP contribution in [0, 0.1) is 46.8 Å². The number of hydrogen-bond acceptors (Lipinski definition) is 3. The number of nitrogens with zero attached hydrogens (tertiary/aromatic N) is 1. The second kappa shape index (κ2) is 5.53. The quantitative estimate of drug-likeness (QED) is 0.838. The van der Waals surface area contributed by atoms with Gasteiger partial charge in [0.15, 0.2) is 0 Å². The summed E-state index contributed by atoms with van der Waals surface area (Å²) >= 11 is 0. The minimum absolute atomic E-state index is 0.00399. The molecule has 1 saturated heterocycles. The summed E-state index contributed by atoms with van der Waals surface area (Å²) in [5.41, 5.74) is 0.